The maximum Gasteiger partial charge on any atom is 0.309 e. The Bertz CT molecular complexity index is 1190. The summed E-state index contributed by atoms with van der Waals surface area (Å²) in [5, 5.41) is 7.65. The van der Waals surface area contributed by atoms with Gasteiger partial charge in [0, 0.05) is 18.5 Å². The Balaban J connectivity index is 1.34. The van der Waals surface area contributed by atoms with Crippen LogP contribution in [0.2, 0.25) is 0 Å². The minimum absolute atomic E-state index is 0.0766. The van der Waals surface area contributed by atoms with Gasteiger partial charge in [-0.15, -0.1) is 0 Å². The molecule has 3 aromatic rings. The Morgan fingerprint density at radius 3 is 2.53 bits per heavy atom. The standard InChI is InChI=1S/C22H25N3O5S2/c1-14-10-15(2)20(16(3)11-14)32(27,28)25-7-4-17(5-8-25)22(26)29-12-19-23-21(30-24-19)18-6-9-31-13-18/h6,9-11,13,17H,4-5,7-8,12H2,1-3H3. The number of benzene rings is 1. The molecule has 0 aliphatic carbocycles. The lowest BCUT2D eigenvalue weighted by atomic mass is 9.98. The van der Waals surface area contributed by atoms with Crippen LogP contribution >= 0.6 is 11.3 Å². The summed E-state index contributed by atoms with van der Waals surface area (Å²) in [6, 6.07) is 5.63. The van der Waals surface area contributed by atoms with E-state index in [9.17, 15) is 13.2 Å². The summed E-state index contributed by atoms with van der Waals surface area (Å²) in [4.78, 5) is 17.1. The van der Waals surface area contributed by atoms with Crippen LogP contribution in [0.3, 0.4) is 0 Å². The van der Waals surface area contributed by atoms with Crippen molar-refractivity contribution >= 4 is 27.3 Å². The van der Waals surface area contributed by atoms with Gasteiger partial charge in [0.2, 0.25) is 15.8 Å². The predicted molar refractivity (Wildman–Crippen MR) is 120 cm³/mol. The Labute approximate surface area is 191 Å². The first-order valence-corrected chi connectivity index (χ1v) is 12.7. The van der Waals surface area contributed by atoms with Gasteiger partial charge in [0.1, 0.15) is 0 Å². The highest BCUT2D eigenvalue weighted by Gasteiger charge is 2.34. The number of hydrogen-bond acceptors (Lipinski definition) is 8. The summed E-state index contributed by atoms with van der Waals surface area (Å²) in [5.74, 6) is -0.0427. The van der Waals surface area contributed by atoms with Crippen molar-refractivity contribution in [3.05, 3.63) is 51.5 Å². The highest BCUT2D eigenvalue weighted by atomic mass is 32.2. The maximum atomic E-state index is 13.2. The number of piperidine rings is 1. The highest BCUT2D eigenvalue weighted by Crippen LogP contribution is 2.29. The fraction of sp³-hybridized carbons (Fsp3) is 0.409. The van der Waals surface area contributed by atoms with Gasteiger partial charge in [-0.1, -0.05) is 22.9 Å². The summed E-state index contributed by atoms with van der Waals surface area (Å²) in [6.45, 7) is 6.06. The predicted octanol–water partition coefficient (Wildman–Crippen LogP) is 3.87. The van der Waals surface area contributed by atoms with E-state index in [1.807, 2.05) is 49.7 Å². The molecule has 0 atom stereocenters. The number of carbonyl (C=O) groups is 1. The van der Waals surface area contributed by atoms with Crippen molar-refractivity contribution in [2.75, 3.05) is 13.1 Å². The molecule has 10 heteroatoms. The third kappa shape index (κ3) is 4.62. The number of sulfonamides is 1. The number of carbonyl (C=O) groups excluding carboxylic acids is 1. The van der Waals surface area contributed by atoms with E-state index < -0.39 is 10.0 Å². The number of thiophene rings is 1. The van der Waals surface area contributed by atoms with Crippen LogP contribution in [-0.4, -0.2) is 41.9 Å². The molecule has 0 unspecified atom stereocenters. The SMILES string of the molecule is Cc1cc(C)c(S(=O)(=O)N2CCC(C(=O)OCc3noc(-c4ccsc4)n3)CC2)c(C)c1. The molecule has 0 radical (unpaired) electrons. The third-order valence-corrected chi connectivity index (χ3v) is 8.46. The van der Waals surface area contributed by atoms with Crippen LogP contribution in [0.5, 0.6) is 0 Å². The van der Waals surface area contributed by atoms with E-state index in [2.05, 4.69) is 10.1 Å². The number of aromatic nitrogens is 2. The van der Waals surface area contributed by atoms with Gasteiger partial charge in [0.15, 0.2) is 6.61 Å². The molecule has 1 fully saturated rings. The summed E-state index contributed by atoms with van der Waals surface area (Å²) in [6.07, 6.45) is 0.822. The normalized spacial score (nSPS) is 15.7. The Hall–Kier alpha value is -2.56. The molecular formula is C22H25N3O5S2. The molecule has 32 heavy (non-hydrogen) atoms. The lowest BCUT2D eigenvalue weighted by Gasteiger charge is -2.31. The van der Waals surface area contributed by atoms with Crippen molar-refractivity contribution in [3.63, 3.8) is 0 Å². The van der Waals surface area contributed by atoms with Crippen molar-refractivity contribution in [3.8, 4) is 11.5 Å². The monoisotopic (exact) mass is 475 g/mol. The molecule has 8 nitrogen and oxygen atoms in total. The molecular weight excluding hydrogens is 450 g/mol. The van der Waals surface area contributed by atoms with Gasteiger partial charge in [0.05, 0.1) is 16.4 Å². The van der Waals surface area contributed by atoms with Crippen LogP contribution in [0.25, 0.3) is 11.5 Å². The van der Waals surface area contributed by atoms with Gasteiger partial charge in [-0.25, -0.2) is 8.42 Å². The average Bonchev–Trinajstić information content (AvgIpc) is 3.43. The van der Waals surface area contributed by atoms with Gasteiger partial charge in [-0.2, -0.15) is 20.6 Å². The molecule has 0 spiro atoms. The molecule has 1 aliphatic rings. The first kappa shape index (κ1) is 22.6. The molecule has 1 aliphatic heterocycles. The third-order valence-electron chi connectivity index (χ3n) is 5.57. The Kier molecular flexibility index (Phi) is 6.45. The largest absolute Gasteiger partial charge is 0.457 e. The summed E-state index contributed by atoms with van der Waals surface area (Å²) in [7, 11) is -3.61. The number of ether oxygens (including phenoxy) is 1. The topological polar surface area (TPSA) is 103 Å². The van der Waals surface area contributed by atoms with Crippen molar-refractivity contribution in [1.29, 1.82) is 0 Å². The second-order valence-corrected chi connectivity index (χ2v) is 10.7. The van der Waals surface area contributed by atoms with E-state index in [1.165, 1.54) is 15.6 Å². The van der Waals surface area contributed by atoms with Crippen molar-refractivity contribution in [1.82, 2.24) is 14.4 Å². The van der Waals surface area contributed by atoms with E-state index in [4.69, 9.17) is 9.26 Å². The van der Waals surface area contributed by atoms with E-state index >= 15 is 0 Å². The highest BCUT2D eigenvalue weighted by molar-refractivity contribution is 7.89. The zero-order chi connectivity index (χ0) is 22.9. The minimum atomic E-state index is -3.61. The minimum Gasteiger partial charge on any atom is -0.457 e. The van der Waals surface area contributed by atoms with E-state index in [0.717, 1.165) is 22.3 Å². The number of aryl methyl sites for hydroxylation is 3. The molecule has 170 valence electrons. The average molecular weight is 476 g/mol. The first-order valence-electron chi connectivity index (χ1n) is 10.4. The second kappa shape index (κ2) is 9.13. The van der Waals surface area contributed by atoms with Gasteiger partial charge in [0.25, 0.3) is 5.89 Å². The Morgan fingerprint density at radius 2 is 1.91 bits per heavy atom. The number of rotatable bonds is 6. The molecule has 1 saturated heterocycles. The lowest BCUT2D eigenvalue weighted by Crippen LogP contribution is -2.41. The second-order valence-electron chi connectivity index (χ2n) is 8.04. The summed E-state index contributed by atoms with van der Waals surface area (Å²) in [5.41, 5.74) is 3.34. The van der Waals surface area contributed by atoms with E-state index in [0.29, 0.717) is 29.5 Å². The molecule has 0 saturated carbocycles. The molecule has 0 bridgehead atoms. The quantitative estimate of drug-likeness (QED) is 0.499. The van der Waals surface area contributed by atoms with Crippen LogP contribution in [-0.2, 0) is 26.2 Å². The molecule has 3 heterocycles. The zero-order valence-electron chi connectivity index (χ0n) is 18.2. The fourth-order valence-electron chi connectivity index (χ4n) is 4.10. The fourth-order valence-corrected chi connectivity index (χ4v) is 6.62. The Morgan fingerprint density at radius 1 is 1.22 bits per heavy atom. The van der Waals surface area contributed by atoms with Crippen molar-refractivity contribution in [2.24, 2.45) is 5.92 Å². The van der Waals surface area contributed by atoms with Gasteiger partial charge in [-0.05, 0) is 56.2 Å². The van der Waals surface area contributed by atoms with Crippen molar-refractivity contribution in [2.45, 2.75) is 45.1 Å². The number of hydrogen-bond donors (Lipinski definition) is 0. The molecule has 1 aromatic carbocycles. The first-order chi connectivity index (χ1) is 15.3. The van der Waals surface area contributed by atoms with Crippen LogP contribution in [0.4, 0.5) is 0 Å². The van der Waals surface area contributed by atoms with Gasteiger partial charge < -0.3 is 9.26 Å². The van der Waals surface area contributed by atoms with Gasteiger partial charge >= 0.3 is 5.97 Å². The van der Waals surface area contributed by atoms with Gasteiger partial charge in [-0.3, -0.25) is 4.79 Å². The van der Waals surface area contributed by atoms with Crippen LogP contribution in [0.1, 0.15) is 35.4 Å². The number of nitrogens with zero attached hydrogens (tertiary/aromatic N) is 3. The number of esters is 1. The van der Waals surface area contributed by atoms with Crippen LogP contribution < -0.4 is 0 Å². The molecule has 0 amide bonds. The summed E-state index contributed by atoms with van der Waals surface area (Å²) >= 11 is 1.52. The summed E-state index contributed by atoms with van der Waals surface area (Å²) < 4.78 is 38.4. The zero-order valence-corrected chi connectivity index (χ0v) is 19.8. The molecule has 4 rings (SSSR count). The lowest BCUT2D eigenvalue weighted by molar-refractivity contribution is -0.151. The maximum absolute atomic E-state index is 13.2. The smallest absolute Gasteiger partial charge is 0.309 e. The van der Waals surface area contributed by atoms with Crippen LogP contribution in [0, 0.1) is 26.7 Å². The van der Waals surface area contributed by atoms with Crippen LogP contribution in [0.15, 0.2) is 38.4 Å². The van der Waals surface area contributed by atoms with E-state index in [1.54, 1.807) is 0 Å². The molecule has 2 aromatic heterocycles. The molecule has 0 N–H and O–H groups in total. The van der Waals surface area contributed by atoms with E-state index in [-0.39, 0.29) is 31.6 Å². The van der Waals surface area contributed by atoms with Crippen molar-refractivity contribution < 1.29 is 22.5 Å².